The Kier molecular flexibility index (Phi) is 4.85. The molecule has 0 aliphatic carbocycles. The molecule has 0 aliphatic heterocycles. The van der Waals surface area contributed by atoms with Gasteiger partial charge in [0.2, 0.25) is 0 Å². The van der Waals surface area contributed by atoms with E-state index in [2.05, 4.69) is 54.4 Å². The standard InChI is InChI=1S/C17H22N2/c1-19(17-12-10-16(18)11-13-17)14-6-5-9-15-7-3-2-4-8-15/h2-4,7-8,10-13H,5-6,9,14,18H2,1H3. The number of nitrogens with two attached hydrogens (primary N) is 1. The molecular weight excluding hydrogens is 232 g/mol. The number of benzene rings is 2. The Morgan fingerprint density at radius 2 is 1.58 bits per heavy atom. The van der Waals surface area contributed by atoms with Gasteiger partial charge in [0.15, 0.2) is 0 Å². The van der Waals surface area contributed by atoms with Crippen LogP contribution >= 0.6 is 0 Å². The minimum atomic E-state index is 0.821. The van der Waals surface area contributed by atoms with Gasteiger partial charge in [-0.15, -0.1) is 0 Å². The summed E-state index contributed by atoms with van der Waals surface area (Å²) in [4.78, 5) is 2.28. The zero-order chi connectivity index (χ0) is 13.5. The predicted octanol–water partition coefficient (Wildman–Crippen LogP) is 3.73. The number of nitrogens with zero attached hydrogens (tertiary/aromatic N) is 1. The second-order valence-corrected chi connectivity index (χ2v) is 4.96. The van der Waals surface area contributed by atoms with E-state index in [0.717, 1.165) is 18.7 Å². The fraction of sp³-hybridized carbons (Fsp3) is 0.294. The third-order valence-corrected chi connectivity index (χ3v) is 3.39. The van der Waals surface area contributed by atoms with Gasteiger partial charge in [-0.3, -0.25) is 0 Å². The molecule has 0 amide bonds. The Hall–Kier alpha value is -1.96. The van der Waals surface area contributed by atoms with Crippen molar-refractivity contribution in [2.75, 3.05) is 24.2 Å². The fourth-order valence-electron chi connectivity index (χ4n) is 2.18. The van der Waals surface area contributed by atoms with Gasteiger partial charge in [-0.2, -0.15) is 0 Å². The summed E-state index contributed by atoms with van der Waals surface area (Å²) in [6.07, 6.45) is 3.59. The smallest absolute Gasteiger partial charge is 0.0365 e. The van der Waals surface area contributed by atoms with Crippen LogP contribution in [-0.2, 0) is 6.42 Å². The third kappa shape index (κ3) is 4.32. The van der Waals surface area contributed by atoms with E-state index >= 15 is 0 Å². The zero-order valence-electron chi connectivity index (χ0n) is 11.5. The zero-order valence-corrected chi connectivity index (χ0v) is 11.5. The second kappa shape index (κ2) is 6.83. The Bertz CT molecular complexity index is 476. The molecule has 0 saturated carbocycles. The molecule has 2 rings (SSSR count). The SMILES string of the molecule is CN(CCCCc1ccccc1)c1ccc(N)cc1. The molecule has 0 heterocycles. The van der Waals surface area contributed by atoms with E-state index in [9.17, 15) is 0 Å². The summed E-state index contributed by atoms with van der Waals surface area (Å²) >= 11 is 0. The predicted molar refractivity (Wildman–Crippen MR) is 83.5 cm³/mol. The summed E-state index contributed by atoms with van der Waals surface area (Å²) in [6.45, 7) is 1.08. The number of anilines is 2. The van der Waals surface area contributed by atoms with Crippen molar-refractivity contribution in [2.45, 2.75) is 19.3 Å². The molecule has 0 bridgehead atoms. The normalized spacial score (nSPS) is 10.4. The highest BCUT2D eigenvalue weighted by molar-refractivity contribution is 5.52. The average molecular weight is 254 g/mol. The van der Waals surface area contributed by atoms with E-state index in [0.29, 0.717) is 0 Å². The van der Waals surface area contributed by atoms with Gasteiger partial charge < -0.3 is 10.6 Å². The molecule has 100 valence electrons. The summed E-state index contributed by atoms with van der Waals surface area (Å²) < 4.78 is 0. The number of hydrogen-bond acceptors (Lipinski definition) is 2. The molecule has 2 nitrogen and oxygen atoms in total. The maximum absolute atomic E-state index is 5.69. The Morgan fingerprint density at radius 1 is 0.895 bits per heavy atom. The quantitative estimate of drug-likeness (QED) is 0.628. The van der Waals surface area contributed by atoms with Crippen molar-refractivity contribution in [3.63, 3.8) is 0 Å². The number of nitrogen functional groups attached to an aromatic ring is 1. The molecule has 2 aromatic carbocycles. The summed E-state index contributed by atoms with van der Waals surface area (Å²) in [6, 6.07) is 18.7. The summed E-state index contributed by atoms with van der Waals surface area (Å²) in [7, 11) is 2.13. The van der Waals surface area contributed by atoms with E-state index in [-0.39, 0.29) is 0 Å². The van der Waals surface area contributed by atoms with Crippen LogP contribution in [0.1, 0.15) is 18.4 Å². The largest absolute Gasteiger partial charge is 0.399 e. The van der Waals surface area contributed by atoms with E-state index in [4.69, 9.17) is 5.73 Å². The van der Waals surface area contributed by atoms with Crippen LogP contribution < -0.4 is 10.6 Å². The van der Waals surface area contributed by atoms with E-state index in [1.165, 1.54) is 24.1 Å². The van der Waals surface area contributed by atoms with Gasteiger partial charge in [0.25, 0.3) is 0 Å². The minimum Gasteiger partial charge on any atom is -0.399 e. The molecule has 0 spiro atoms. The molecule has 0 atom stereocenters. The van der Waals surface area contributed by atoms with Gasteiger partial charge in [0.05, 0.1) is 0 Å². The first-order chi connectivity index (χ1) is 9.25. The first kappa shape index (κ1) is 13.5. The monoisotopic (exact) mass is 254 g/mol. The van der Waals surface area contributed by atoms with Gasteiger partial charge in [-0.25, -0.2) is 0 Å². The number of rotatable bonds is 6. The first-order valence-corrected chi connectivity index (χ1v) is 6.86. The average Bonchev–Trinajstić information content (AvgIpc) is 2.45. The van der Waals surface area contributed by atoms with Crippen molar-refractivity contribution in [2.24, 2.45) is 0 Å². The topological polar surface area (TPSA) is 29.3 Å². The molecule has 2 heteroatoms. The van der Waals surface area contributed by atoms with Crippen LogP contribution in [0.5, 0.6) is 0 Å². The number of hydrogen-bond donors (Lipinski definition) is 1. The lowest BCUT2D eigenvalue weighted by Crippen LogP contribution is -2.18. The van der Waals surface area contributed by atoms with Crippen molar-refractivity contribution in [1.29, 1.82) is 0 Å². The fourth-order valence-corrected chi connectivity index (χ4v) is 2.18. The van der Waals surface area contributed by atoms with E-state index in [1.54, 1.807) is 0 Å². The summed E-state index contributed by atoms with van der Waals surface area (Å²) in [5, 5.41) is 0. The van der Waals surface area contributed by atoms with Crippen LogP contribution in [0, 0.1) is 0 Å². The van der Waals surface area contributed by atoms with Crippen molar-refractivity contribution >= 4 is 11.4 Å². The highest BCUT2D eigenvalue weighted by Gasteiger charge is 2.00. The molecule has 0 aromatic heterocycles. The lowest BCUT2D eigenvalue weighted by Gasteiger charge is -2.19. The Labute approximate surface area is 115 Å². The molecule has 0 saturated heterocycles. The van der Waals surface area contributed by atoms with Crippen LogP contribution in [0.3, 0.4) is 0 Å². The van der Waals surface area contributed by atoms with Gasteiger partial charge in [0.1, 0.15) is 0 Å². The van der Waals surface area contributed by atoms with E-state index in [1.807, 2.05) is 12.1 Å². The van der Waals surface area contributed by atoms with Crippen molar-refractivity contribution in [1.82, 2.24) is 0 Å². The van der Waals surface area contributed by atoms with Gasteiger partial charge in [-0.05, 0) is 49.1 Å². The Morgan fingerprint density at radius 3 is 2.26 bits per heavy atom. The lowest BCUT2D eigenvalue weighted by molar-refractivity contribution is 0.719. The summed E-state index contributed by atoms with van der Waals surface area (Å²) in [5.41, 5.74) is 9.17. The highest BCUT2D eigenvalue weighted by Crippen LogP contribution is 2.15. The van der Waals surface area contributed by atoms with Gasteiger partial charge in [-0.1, -0.05) is 30.3 Å². The minimum absolute atomic E-state index is 0.821. The van der Waals surface area contributed by atoms with Crippen LogP contribution in [0.4, 0.5) is 11.4 Å². The molecule has 2 aromatic rings. The van der Waals surface area contributed by atoms with Crippen LogP contribution in [0.2, 0.25) is 0 Å². The van der Waals surface area contributed by atoms with Gasteiger partial charge >= 0.3 is 0 Å². The van der Waals surface area contributed by atoms with Crippen LogP contribution in [0.25, 0.3) is 0 Å². The molecule has 0 unspecified atom stereocenters. The van der Waals surface area contributed by atoms with Crippen LogP contribution in [-0.4, -0.2) is 13.6 Å². The molecule has 2 N–H and O–H groups in total. The molecule has 0 radical (unpaired) electrons. The highest BCUT2D eigenvalue weighted by atomic mass is 15.1. The van der Waals surface area contributed by atoms with Crippen molar-refractivity contribution in [3.8, 4) is 0 Å². The second-order valence-electron chi connectivity index (χ2n) is 4.96. The van der Waals surface area contributed by atoms with Crippen molar-refractivity contribution in [3.05, 3.63) is 60.2 Å². The summed E-state index contributed by atoms with van der Waals surface area (Å²) in [5.74, 6) is 0. The maximum atomic E-state index is 5.69. The molecular formula is C17H22N2. The maximum Gasteiger partial charge on any atom is 0.0365 e. The van der Waals surface area contributed by atoms with E-state index < -0.39 is 0 Å². The number of unbranched alkanes of at least 4 members (excludes halogenated alkanes) is 1. The third-order valence-electron chi connectivity index (χ3n) is 3.39. The molecule has 0 aliphatic rings. The Balaban J connectivity index is 1.72. The number of aryl methyl sites for hydroxylation is 1. The van der Waals surface area contributed by atoms with Crippen LogP contribution in [0.15, 0.2) is 54.6 Å². The molecule has 19 heavy (non-hydrogen) atoms. The van der Waals surface area contributed by atoms with Crippen molar-refractivity contribution < 1.29 is 0 Å². The first-order valence-electron chi connectivity index (χ1n) is 6.86. The van der Waals surface area contributed by atoms with Gasteiger partial charge in [0, 0.05) is 25.0 Å². The molecule has 0 fully saturated rings. The lowest BCUT2D eigenvalue weighted by atomic mass is 10.1.